The molecule has 0 atom stereocenters. The number of thiazole rings is 1. The molecule has 2 heterocycles. The molecule has 2 aromatic heterocycles. The molecule has 0 aliphatic rings. The fraction of sp³-hybridized carbons (Fsp3) is 0.154. The lowest BCUT2D eigenvalue weighted by Crippen LogP contribution is -2.11. The number of carbonyl (C=O) groups is 2. The van der Waals surface area contributed by atoms with Gasteiger partial charge in [-0.05, 0) is 80.4 Å². The summed E-state index contributed by atoms with van der Waals surface area (Å²) >= 11 is 1.62. The number of nitrogens with zero attached hydrogens (tertiary/aromatic N) is 2. The lowest BCUT2D eigenvalue weighted by atomic mass is 10.0. The van der Waals surface area contributed by atoms with Crippen LogP contribution in [0.2, 0.25) is 0 Å². The number of aliphatic carboxylic acids is 1. The number of ether oxygens (including phenoxy) is 1. The first-order valence-corrected chi connectivity index (χ1v) is 11.7. The first kappa shape index (κ1) is 22.5. The molecule has 9 heteroatoms. The molecule has 3 aromatic carbocycles. The van der Waals surface area contributed by atoms with Crippen molar-refractivity contribution in [1.82, 2.24) is 15.0 Å². The number of nitrogens with one attached hydrogen (secondary N) is 2. The van der Waals surface area contributed by atoms with Gasteiger partial charge in [-0.1, -0.05) is 0 Å². The van der Waals surface area contributed by atoms with Gasteiger partial charge < -0.3 is 20.1 Å². The molecular weight excluding hydrogens is 464 g/mol. The molecule has 0 aliphatic heterocycles. The Labute approximate surface area is 204 Å². The fourth-order valence-corrected chi connectivity index (χ4v) is 4.93. The molecule has 0 fully saturated rings. The zero-order valence-electron chi connectivity index (χ0n) is 19.3. The Hall–Kier alpha value is -4.24. The number of aryl methyl sites for hydroxylation is 3. The molecule has 0 saturated heterocycles. The Morgan fingerprint density at radius 1 is 1.00 bits per heavy atom. The third-order valence-electron chi connectivity index (χ3n) is 5.60. The van der Waals surface area contributed by atoms with Crippen molar-refractivity contribution >= 4 is 50.2 Å². The number of aromatic nitrogens is 3. The smallest absolute Gasteiger partial charge is 0.341 e. The van der Waals surface area contributed by atoms with Gasteiger partial charge in [0, 0.05) is 16.8 Å². The molecule has 0 radical (unpaired) electrons. The SMILES string of the molecule is Cc1nc2cc(NC(=O)c3ccc4nc(-c5c(C)cc(OCC(=O)O)cc5C)[nH]c4c3)ccc2s1. The van der Waals surface area contributed by atoms with Crippen molar-refractivity contribution in [3.63, 3.8) is 0 Å². The van der Waals surface area contributed by atoms with Crippen molar-refractivity contribution in [3.05, 3.63) is 70.2 Å². The number of fused-ring (bicyclic) bond motifs is 2. The molecule has 1 amide bonds. The molecule has 8 nitrogen and oxygen atoms in total. The van der Waals surface area contributed by atoms with E-state index in [0.29, 0.717) is 22.8 Å². The van der Waals surface area contributed by atoms with Gasteiger partial charge >= 0.3 is 5.97 Å². The van der Waals surface area contributed by atoms with Crippen LogP contribution in [-0.2, 0) is 4.79 Å². The monoisotopic (exact) mass is 486 g/mol. The van der Waals surface area contributed by atoms with Crippen LogP contribution in [0.3, 0.4) is 0 Å². The van der Waals surface area contributed by atoms with Crippen molar-refractivity contribution in [3.8, 4) is 17.1 Å². The highest BCUT2D eigenvalue weighted by molar-refractivity contribution is 7.18. The van der Waals surface area contributed by atoms with E-state index in [9.17, 15) is 9.59 Å². The molecule has 0 aliphatic carbocycles. The summed E-state index contributed by atoms with van der Waals surface area (Å²) in [4.78, 5) is 36.2. The quantitative estimate of drug-likeness (QED) is 0.293. The Morgan fingerprint density at radius 2 is 1.77 bits per heavy atom. The number of aromatic amines is 1. The number of carbonyl (C=O) groups excluding carboxylic acids is 1. The van der Waals surface area contributed by atoms with Gasteiger partial charge in [0.25, 0.3) is 5.91 Å². The minimum atomic E-state index is -1.03. The summed E-state index contributed by atoms with van der Waals surface area (Å²) in [6.07, 6.45) is 0. The highest BCUT2D eigenvalue weighted by Gasteiger charge is 2.15. The topological polar surface area (TPSA) is 117 Å². The minimum Gasteiger partial charge on any atom is -0.482 e. The van der Waals surface area contributed by atoms with Gasteiger partial charge in [0.05, 0.1) is 26.3 Å². The average molecular weight is 487 g/mol. The molecule has 35 heavy (non-hydrogen) atoms. The highest BCUT2D eigenvalue weighted by atomic mass is 32.1. The Kier molecular flexibility index (Phi) is 5.70. The number of anilines is 1. The van der Waals surface area contributed by atoms with Crippen LogP contribution in [-0.4, -0.2) is 38.5 Å². The number of benzene rings is 3. The zero-order chi connectivity index (χ0) is 24.7. The molecule has 0 spiro atoms. The predicted octanol–water partition coefficient (Wildman–Crippen LogP) is 5.48. The summed E-state index contributed by atoms with van der Waals surface area (Å²) in [5, 5.41) is 12.8. The molecule has 176 valence electrons. The van der Waals surface area contributed by atoms with Gasteiger partial charge in [-0.25, -0.2) is 14.8 Å². The first-order valence-electron chi connectivity index (χ1n) is 10.9. The van der Waals surface area contributed by atoms with Gasteiger partial charge in [-0.2, -0.15) is 0 Å². The summed E-state index contributed by atoms with van der Waals surface area (Å²) in [6.45, 7) is 5.40. The summed E-state index contributed by atoms with van der Waals surface area (Å²) in [6, 6.07) is 14.6. The second kappa shape index (κ2) is 8.84. The predicted molar refractivity (Wildman–Crippen MR) is 136 cm³/mol. The van der Waals surface area contributed by atoms with E-state index in [2.05, 4.69) is 15.3 Å². The van der Waals surface area contributed by atoms with Crippen molar-refractivity contribution in [1.29, 1.82) is 0 Å². The van der Waals surface area contributed by atoms with Gasteiger partial charge in [-0.15, -0.1) is 11.3 Å². The van der Waals surface area contributed by atoms with Crippen LogP contribution >= 0.6 is 11.3 Å². The first-order chi connectivity index (χ1) is 16.8. The standard InChI is InChI=1S/C26H22N4O4S/c1-13-8-18(34-12-23(31)32)9-14(2)24(13)25-29-19-6-4-16(10-20(19)30-25)26(33)28-17-5-7-22-21(11-17)27-15(3)35-22/h4-11H,12H2,1-3H3,(H,28,33)(H,29,30)(H,31,32). The lowest BCUT2D eigenvalue weighted by Gasteiger charge is -2.11. The van der Waals surface area contributed by atoms with Crippen LogP contribution in [0.1, 0.15) is 26.5 Å². The van der Waals surface area contributed by atoms with Crippen molar-refractivity contribution in [2.75, 3.05) is 11.9 Å². The second-order valence-corrected chi connectivity index (χ2v) is 9.54. The van der Waals surface area contributed by atoms with E-state index in [1.54, 1.807) is 35.6 Å². The molecule has 0 saturated carbocycles. The number of imidazole rings is 1. The van der Waals surface area contributed by atoms with Gasteiger partial charge in [0.15, 0.2) is 6.61 Å². The van der Waals surface area contributed by atoms with E-state index in [4.69, 9.17) is 14.8 Å². The van der Waals surface area contributed by atoms with E-state index in [1.807, 2.05) is 45.0 Å². The van der Waals surface area contributed by atoms with E-state index < -0.39 is 12.6 Å². The molecule has 3 N–H and O–H groups in total. The molecule has 0 unspecified atom stereocenters. The van der Waals surface area contributed by atoms with Crippen LogP contribution in [0, 0.1) is 20.8 Å². The summed E-state index contributed by atoms with van der Waals surface area (Å²) in [7, 11) is 0. The maximum absolute atomic E-state index is 12.9. The third kappa shape index (κ3) is 4.58. The Morgan fingerprint density at radius 3 is 2.51 bits per heavy atom. The summed E-state index contributed by atoms with van der Waals surface area (Å²) in [5.41, 5.74) is 6.24. The number of carboxylic acids is 1. The zero-order valence-corrected chi connectivity index (χ0v) is 20.1. The number of hydrogen-bond acceptors (Lipinski definition) is 6. The fourth-order valence-electron chi connectivity index (χ4n) is 4.12. The largest absolute Gasteiger partial charge is 0.482 e. The number of carboxylic acid groups (broad SMARTS) is 1. The highest BCUT2D eigenvalue weighted by Crippen LogP contribution is 2.31. The molecule has 5 aromatic rings. The number of hydrogen-bond donors (Lipinski definition) is 3. The van der Waals surface area contributed by atoms with Crippen LogP contribution in [0.5, 0.6) is 5.75 Å². The van der Waals surface area contributed by atoms with Crippen molar-refractivity contribution in [2.24, 2.45) is 0 Å². The third-order valence-corrected chi connectivity index (χ3v) is 6.55. The maximum Gasteiger partial charge on any atom is 0.341 e. The van der Waals surface area contributed by atoms with Crippen molar-refractivity contribution < 1.29 is 19.4 Å². The van der Waals surface area contributed by atoms with E-state index >= 15 is 0 Å². The summed E-state index contributed by atoms with van der Waals surface area (Å²) in [5.74, 6) is -0.0872. The Bertz CT molecular complexity index is 1600. The van der Waals surface area contributed by atoms with E-state index in [1.165, 1.54) is 0 Å². The maximum atomic E-state index is 12.9. The van der Waals surface area contributed by atoms with Gasteiger partial charge in [0.1, 0.15) is 11.6 Å². The van der Waals surface area contributed by atoms with Gasteiger partial charge in [-0.3, -0.25) is 4.79 Å². The molecular formula is C26H22N4O4S. The summed E-state index contributed by atoms with van der Waals surface area (Å²) < 4.78 is 6.40. The lowest BCUT2D eigenvalue weighted by molar-refractivity contribution is -0.139. The number of rotatable bonds is 6. The normalized spacial score (nSPS) is 11.2. The number of amides is 1. The minimum absolute atomic E-state index is 0.221. The number of H-pyrrole nitrogens is 1. The van der Waals surface area contributed by atoms with Crippen LogP contribution in [0.25, 0.3) is 32.6 Å². The van der Waals surface area contributed by atoms with E-state index in [-0.39, 0.29) is 5.91 Å². The van der Waals surface area contributed by atoms with Crippen LogP contribution in [0.4, 0.5) is 5.69 Å². The van der Waals surface area contributed by atoms with Crippen molar-refractivity contribution in [2.45, 2.75) is 20.8 Å². The van der Waals surface area contributed by atoms with Gasteiger partial charge in [0.2, 0.25) is 0 Å². The van der Waals surface area contributed by atoms with E-state index in [0.717, 1.165) is 42.9 Å². The second-order valence-electron chi connectivity index (χ2n) is 8.30. The van der Waals surface area contributed by atoms with Crippen LogP contribution in [0.15, 0.2) is 48.5 Å². The molecule has 5 rings (SSSR count). The Balaban J connectivity index is 1.40. The average Bonchev–Trinajstić information content (AvgIpc) is 3.38. The van der Waals surface area contributed by atoms with Crippen LogP contribution < -0.4 is 10.1 Å². The molecule has 0 bridgehead atoms.